The van der Waals surface area contributed by atoms with Crippen molar-refractivity contribution in [3.8, 4) is 0 Å². The number of rotatable bonds is 31. The topological polar surface area (TPSA) is 54.0 Å². The minimum atomic E-state index is -0.0200. The average Bonchev–Trinajstić information content (AvgIpc) is 2.97. The van der Waals surface area contributed by atoms with Gasteiger partial charge in [0, 0.05) is 32.7 Å². The molecule has 0 aliphatic rings. The molecule has 0 radical (unpaired) electrons. The summed E-state index contributed by atoms with van der Waals surface area (Å²) in [6.45, 7) is 16.2. The normalized spacial score (nSPS) is 14.7. The van der Waals surface area contributed by atoms with Gasteiger partial charge in [0.15, 0.2) is 0 Å². The molecule has 4 atom stereocenters. The highest BCUT2D eigenvalue weighted by atomic mass is 16.5. The summed E-state index contributed by atoms with van der Waals surface area (Å²) in [6.07, 6.45) is 22.4. The Morgan fingerprint density at radius 2 is 1.12 bits per heavy atom. The first kappa shape index (κ1) is 39.4. The molecule has 0 spiro atoms. The number of hydrogen-bond donors (Lipinski definition) is 0. The third kappa shape index (κ3) is 23.0. The Bertz CT molecular complexity index is 526. The van der Waals surface area contributed by atoms with Crippen LogP contribution in [0.2, 0.25) is 0 Å². The Balaban J connectivity index is 4.62. The van der Waals surface area contributed by atoms with Crippen molar-refractivity contribution >= 4 is 5.97 Å². The van der Waals surface area contributed by atoms with Crippen LogP contribution < -0.4 is 0 Å². The van der Waals surface area contributed by atoms with Gasteiger partial charge < -0.3 is 18.9 Å². The fourth-order valence-corrected chi connectivity index (χ4v) is 5.18. The molecule has 4 unspecified atom stereocenters. The van der Waals surface area contributed by atoms with Crippen molar-refractivity contribution in [2.45, 2.75) is 188 Å². The molecule has 5 heteroatoms. The van der Waals surface area contributed by atoms with Gasteiger partial charge in [-0.2, -0.15) is 0 Å². The van der Waals surface area contributed by atoms with Crippen molar-refractivity contribution < 1.29 is 23.7 Å². The van der Waals surface area contributed by atoms with Crippen LogP contribution >= 0.6 is 0 Å². The van der Waals surface area contributed by atoms with Gasteiger partial charge in [0.05, 0.1) is 24.9 Å². The minimum absolute atomic E-state index is 0.0200. The summed E-state index contributed by atoms with van der Waals surface area (Å²) in [7, 11) is 0. The lowest BCUT2D eigenvalue weighted by Gasteiger charge is -2.31. The fourth-order valence-electron chi connectivity index (χ4n) is 5.18. The lowest BCUT2D eigenvalue weighted by Crippen LogP contribution is -2.36. The van der Waals surface area contributed by atoms with Crippen LogP contribution in [0.15, 0.2) is 0 Å². The molecular weight excluding hydrogens is 500 g/mol. The maximum Gasteiger partial charge on any atom is 0.305 e. The first-order chi connectivity index (χ1) is 19.6. The largest absolute Gasteiger partial charge is 0.465 e. The van der Waals surface area contributed by atoms with E-state index in [1.54, 1.807) is 0 Å². The van der Waals surface area contributed by atoms with Gasteiger partial charge in [-0.15, -0.1) is 0 Å². The van der Waals surface area contributed by atoms with Crippen LogP contribution in [0.25, 0.3) is 0 Å². The Kier molecular flexibility index (Phi) is 29.3. The van der Waals surface area contributed by atoms with Gasteiger partial charge in [-0.3, -0.25) is 4.79 Å². The van der Waals surface area contributed by atoms with E-state index in [0.717, 1.165) is 90.4 Å². The SMILES string of the molecule is CCCCCCC(CC(OCCC)C(CCCCCCCC(=O)OCC(CC)CCCC)OCCC)OCCC. The van der Waals surface area contributed by atoms with E-state index in [-0.39, 0.29) is 24.3 Å². The van der Waals surface area contributed by atoms with Gasteiger partial charge in [0.1, 0.15) is 0 Å². The van der Waals surface area contributed by atoms with Crippen molar-refractivity contribution in [1.82, 2.24) is 0 Å². The molecule has 0 fully saturated rings. The second-order valence-electron chi connectivity index (χ2n) is 11.8. The third-order valence-electron chi connectivity index (χ3n) is 7.81. The van der Waals surface area contributed by atoms with Gasteiger partial charge >= 0.3 is 5.97 Å². The molecule has 0 aliphatic heterocycles. The van der Waals surface area contributed by atoms with Crippen LogP contribution in [-0.2, 0) is 23.7 Å². The Morgan fingerprint density at radius 1 is 0.550 bits per heavy atom. The van der Waals surface area contributed by atoms with Gasteiger partial charge in [0.25, 0.3) is 0 Å². The highest BCUT2D eigenvalue weighted by Gasteiger charge is 2.26. The van der Waals surface area contributed by atoms with E-state index >= 15 is 0 Å². The van der Waals surface area contributed by atoms with Crippen LogP contribution in [0.5, 0.6) is 0 Å². The van der Waals surface area contributed by atoms with E-state index in [2.05, 4.69) is 41.5 Å². The minimum Gasteiger partial charge on any atom is -0.465 e. The van der Waals surface area contributed by atoms with Crippen molar-refractivity contribution in [3.05, 3.63) is 0 Å². The van der Waals surface area contributed by atoms with Crippen molar-refractivity contribution in [1.29, 1.82) is 0 Å². The Labute approximate surface area is 250 Å². The number of esters is 1. The number of hydrogen-bond acceptors (Lipinski definition) is 5. The highest BCUT2D eigenvalue weighted by molar-refractivity contribution is 5.69. The molecule has 240 valence electrons. The Morgan fingerprint density at radius 3 is 1.77 bits per heavy atom. The number of unbranched alkanes of at least 4 members (excludes halogenated alkanes) is 8. The molecule has 0 rings (SSSR count). The number of ether oxygens (including phenoxy) is 4. The second kappa shape index (κ2) is 29.8. The first-order valence-electron chi connectivity index (χ1n) is 17.6. The van der Waals surface area contributed by atoms with E-state index in [1.165, 1.54) is 51.4 Å². The fraction of sp³-hybridized carbons (Fsp3) is 0.971. The van der Waals surface area contributed by atoms with Gasteiger partial charge in [-0.1, -0.05) is 112 Å². The van der Waals surface area contributed by atoms with Crippen LogP contribution in [0, 0.1) is 5.92 Å². The lowest BCUT2D eigenvalue weighted by molar-refractivity contribution is -0.145. The van der Waals surface area contributed by atoms with Crippen molar-refractivity contribution in [2.75, 3.05) is 26.4 Å². The second-order valence-corrected chi connectivity index (χ2v) is 11.8. The first-order valence-corrected chi connectivity index (χ1v) is 17.6. The molecule has 40 heavy (non-hydrogen) atoms. The summed E-state index contributed by atoms with van der Waals surface area (Å²) >= 11 is 0. The maximum absolute atomic E-state index is 12.2. The smallest absolute Gasteiger partial charge is 0.305 e. The Hall–Kier alpha value is -0.650. The quantitative estimate of drug-likeness (QED) is 0.0613. The number of carbonyl (C=O) groups is 1. The van der Waals surface area contributed by atoms with E-state index in [4.69, 9.17) is 18.9 Å². The summed E-state index contributed by atoms with van der Waals surface area (Å²) < 4.78 is 24.7. The molecule has 5 nitrogen and oxygen atoms in total. The molecule has 0 saturated carbocycles. The van der Waals surface area contributed by atoms with Crippen molar-refractivity contribution in [2.24, 2.45) is 5.92 Å². The third-order valence-corrected chi connectivity index (χ3v) is 7.81. The standard InChI is InChI=1S/C35H70O5/c1-7-13-15-19-23-32(37-26-9-3)29-34(39-28-11-5)33(38-27-10-4)24-20-17-16-18-21-25-35(36)40-30-31(12-6)22-14-8-2/h31-34H,7-30H2,1-6H3. The predicted molar refractivity (Wildman–Crippen MR) is 170 cm³/mol. The summed E-state index contributed by atoms with van der Waals surface area (Å²) in [5, 5.41) is 0. The monoisotopic (exact) mass is 571 g/mol. The average molecular weight is 571 g/mol. The van der Waals surface area contributed by atoms with Crippen LogP contribution in [0.1, 0.15) is 170 Å². The summed E-state index contributed by atoms with van der Waals surface area (Å²) in [5.41, 5.74) is 0. The molecule has 0 aromatic rings. The summed E-state index contributed by atoms with van der Waals surface area (Å²) in [6, 6.07) is 0. The summed E-state index contributed by atoms with van der Waals surface area (Å²) in [4.78, 5) is 12.2. The molecule has 0 saturated heterocycles. The summed E-state index contributed by atoms with van der Waals surface area (Å²) in [5.74, 6) is 0.500. The van der Waals surface area contributed by atoms with Crippen molar-refractivity contribution in [3.63, 3.8) is 0 Å². The zero-order chi connectivity index (χ0) is 29.7. The molecule has 0 bridgehead atoms. The predicted octanol–water partition coefficient (Wildman–Crippen LogP) is 10.2. The van der Waals surface area contributed by atoms with Gasteiger partial charge in [-0.25, -0.2) is 0 Å². The van der Waals surface area contributed by atoms with Crippen LogP contribution in [0.3, 0.4) is 0 Å². The van der Waals surface area contributed by atoms with E-state index in [0.29, 0.717) is 18.9 Å². The van der Waals surface area contributed by atoms with E-state index in [9.17, 15) is 4.79 Å². The zero-order valence-electron chi connectivity index (χ0n) is 27.8. The maximum atomic E-state index is 12.2. The zero-order valence-corrected chi connectivity index (χ0v) is 27.8. The van der Waals surface area contributed by atoms with Crippen LogP contribution in [-0.4, -0.2) is 50.7 Å². The molecule has 0 N–H and O–H groups in total. The van der Waals surface area contributed by atoms with E-state index in [1.807, 2.05) is 0 Å². The molecule has 0 amide bonds. The highest BCUT2D eigenvalue weighted by Crippen LogP contribution is 2.23. The lowest BCUT2D eigenvalue weighted by atomic mass is 9.97. The van der Waals surface area contributed by atoms with E-state index < -0.39 is 0 Å². The number of carbonyl (C=O) groups excluding carboxylic acids is 1. The molecule has 0 aromatic heterocycles. The van der Waals surface area contributed by atoms with Crippen LogP contribution in [0.4, 0.5) is 0 Å². The van der Waals surface area contributed by atoms with Gasteiger partial charge in [-0.05, 0) is 50.9 Å². The molecule has 0 aromatic carbocycles. The van der Waals surface area contributed by atoms with Gasteiger partial charge in [0.2, 0.25) is 0 Å². The molecule has 0 heterocycles. The molecular formula is C35H70O5. The molecule has 0 aliphatic carbocycles.